The van der Waals surface area contributed by atoms with E-state index in [-0.39, 0.29) is 36.0 Å². The van der Waals surface area contributed by atoms with Crippen molar-refractivity contribution in [2.75, 3.05) is 39.7 Å². The second-order valence-electron chi connectivity index (χ2n) is 7.93. The van der Waals surface area contributed by atoms with Crippen LogP contribution in [0.25, 0.3) is 0 Å². The summed E-state index contributed by atoms with van der Waals surface area (Å²) in [5.41, 5.74) is 0.364. The van der Waals surface area contributed by atoms with Gasteiger partial charge in [-0.1, -0.05) is 28.6 Å². The number of sulfonamides is 1. The first kappa shape index (κ1) is 27.2. The molecule has 1 aromatic heterocycles. The fourth-order valence-electron chi connectivity index (χ4n) is 3.52. The predicted octanol–water partition coefficient (Wildman–Crippen LogP) is 1.83. The number of oxime groups is 1. The van der Waals surface area contributed by atoms with Crippen LogP contribution in [0.4, 0.5) is 5.13 Å². The topological polar surface area (TPSA) is 140 Å². The Labute approximate surface area is 208 Å². The summed E-state index contributed by atoms with van der Waals surface area (Å²) >= 11 is 1.27. The molecule has 1 amide bonds. The second-order valence-corrected chi connectivity index (χ2v) is 11.1. The Kier molecular flexibility index (Phi) is 9.71. The zero-order chi connectivity index (χ0) is 25.4. The molecule has 1 aliphatic carbocycles. The maximum Gasteiger partial charge on any atom is 0.280 e. The Morgan fingerprint density at radius 3 is 2.60 bits per heavy atom. The molecule has 3 rings (SSSR count). The van der Waals surface area contributed by atoms with Crippen LogP contribution in [0, 0.1) is 0 Å². The van der Waals surface area contributed by atoms with E-state index < -0.39 is 15.9 Å². The number of ether oxygens (including phenoxy) is 2. The lowest BCUT2D eigenvalue weighted by molar-refractivity contribution is -0.110. The average Bonchev–Trinajstić information content (AvgIpc) is 3.49. The number of benzene rings is 1. The summed E-state index contributed by atoms with van der Waals surface area (Å²) in [6.07, 6.45) is 3.76. The summed E-state index contributed by atoms with van der Waals surface area (Å²) in [4.78, 5) is 23.8. The number of hydrogen-bond donors (Lipinski definition) is 2. The molecule has 0 saturated heterocycles. The molecular weight excluding hydrogens is 496 g/mol. The highest BCUT2D eigenvalue weighted by Gasteiger charge is 2.27. The van der Waals surface area contributed by atoms with E-state index in [1.54, 1.807) is 20.4 Å². The highest BCUT2D eigenvalue weighted by atomic mass is 32.2. The number of aliphatic hydroxyl groups is 1. The largest absolute Gasteiger partial charge is 0.395 e. The molecule has 0 radical (unpaired) electrons. The Balaban J connectivity index is 1.84. The average molecular weight is 527 g/mol. The molecule has 2 atom stereocenters. The van der Waals surface area contributed by atoms with E-state index >= 15 is 0 Å². The highest BCUT2D eigenvalue weighted by Crippen LogP contribution is 2.25. The lowest BCUT2D eigenvalue weighted by Gasteiger charge is -2.16. The summed E-state index contributed by atoms with van der Waals surface area (Å²) in [6, 6.07) is 5.76. The van der Waals surface area contributed by atoms with Crippen LogP contribution in [0.5, 0.6) is 0 Å². The van der Waals surface area contributed by atoms with E-state index in [0.29, 0.717) is 23.7 Å². The molecule has 0 aliphatic heterocycles. The number of nitrogens with zero attached hydrogens (tertiary/aromatic N) is 3. The van der Waals surface area contributed by atoms with Crippen molar-refractivity contribution in [1.29, 1.82) is 0 Å². The number of rotatable bonds is 12. The molecule has 1 aromatic carbocycles. The van der Waals surface area contributed by atoms with Gasteiger partial charge in [0.1, 0.15) is 6.10 Å². The van der Waals surface area contributed by atoms with Gasteiger partial charge in [0.25, 0.3) is 5.91 Å². The van der Waals surface area contributed by atoms with Crippen molar-refractivity contribution in [3.63, 3.8) is 0 Å². The molecule has 1 aliphatic rings. The first-order chi connectivity index (χ1) is 16.8. The molecule has 2 aromatic rings. The van der Waals surface area contributed by atoms with Gasteiger partial charge in [0.15, 0.2) is 10.8 Å². The molecule has 11 nitrogen and oxygen atoms in total. The molecule has 35 heavy (non-hydrogen) atoms. The van der Waals surface area contributed by atoms with Gasteiger partial charge in [-0.25, -0.2) is 13.4 Å². The fourth-order valence-corrected chi connectivity index (χ4v) is 5.46. The fraction of sp³-hybridized carbons (Fsp3) is 0.500. The van der Waals surface area contributed by atoms with Gasteiger partial charge in [-0.15, -0.1) is 0 Å². The molecule has 192 valence electrons. The summed E-state index contributed by atoms with van der Waals surface area (Å²) in [5, 5.41) is 16.3. The van der Waals surface area contributed by atoms with E-state index in [1.165, 1.54) is 42.6 Å². The number of carbonyl (C=O) groups excluding carboxylic acids is 1. The van der Waals surface area contributed by atoms with Crippen molar-refractivity contribution in [2.24, 2.45) is 5.16 Å². The number of likely N-dealkylation sites (N-methyl/N-ethyl adjacent to an activating group) is 1. The van der Waals surface area contributed by atoms with Crippen LogP contribution in [0.15, 0.2) is 40.5 Å². The van der Waals surface area contributed by atoms with Gasteiger partial charge in [-0.3, -0.25) is 10.1 Å². The molecule has 2 N–H and O–H groups in total. The number of aromatic nitrogens is 1. The van der Waals surface area contributed by atoms with Crippen molar-refractivity contribution in [3.05, 3.63) is 40.9 Å². The Morgan fingerprint density at radius 1 is 1.26 bits per heavy atom. The number of aliphatic hydroxyl groups excluding tert-OH is 1. The summed E-state index contributed by atoms with van der Waals surface area (Å²) < 4.78 is 36.8. The predicted molar refractivity (Wildman–Crippen MR) is 131 cm³/mol. The third-order valence-electron chi connectivity index (χ3n) is 5.49. The third kappa shape index (κ3) is 7.06. The van der Waals surface area contributed by atoms with Gasteiger partial charge in [-0.2, -0.15) is 4.31 Å². The summed E-state index contributed by atoms with van der Waals surface area (Å²) in [6.45, 7) is 0.0481. The van der Waals surface area contributed by atoms with Crippen LogP contribution >= 0.6 is 11.3 Å². The van der Waals surface area contributed by atoms with Gasteiger partial charge >= 0.3 is 0 Å². The zero-order valence-corrected chi connectivity index (χ0v) is 21.5. The standard InChI is InChI=1S/C22H30N4O7S2/c1-26(10-11-27)35(29,30)19-8-4-15(5-9-19)20(25-33-17-7-6-16(12-17)32-3)21(28)24-22-23-13-18(34-22)14-31-2/h4-5,8-9,13,16-17,27H,6-7,10-12,14H2,1-3H3,(H,23,24,28)/t16-,17-/m1/s1. The van der Waals surface area contributed by atoms with Crippen LogP contribution in [-0.2, 0) is 35.7 Å². The monoisotopic (exact) mass is 526 g/mol. The van der Waals surface area contributed by atoms with Crippen LogP contribution in [0.1, 0.15) is 29.7 Å². The number of thiazole rings is 1. The van der Waals surface area contributed by atoms with Crippen molar-refractivity contribution in [1.82, 2.24) is 9.29 Å². The zero-order valence-electron chi connectivity index (χ0n) is 19.8. The van der Waals surface area contributed by atoms with E-state index in [0.717, 1.165) is 22.0 Å². The summed E-state index contributed by atoms with van der Waals surface area (Å²) in [5.74, 6) is -0.544. The van der Waals surface area contributed by atoms with Crippen LogP contribution in [-0.4, -0.2) is 81.1 Å². The summed E-state index contributed by atoms with van der Waals surface area (Å²) in [7, 11) is 0.821. The Hall–Kier alpha value is -2.42. The highest BCUT2D eigenvalue weighted by molar-refractivity contribution is 7.89. The van der Waals surface area contributed by atoms with Crippen molar-refractivity contribution < 1.29 is 32.6 Å². The third-order valence-corrected chi connectivity index (χ3v) is 8.25. The van der Waals surface area contributed by atoms with Gasteiger partial charge in [0.2, 0.25) is 10.0 Å². The number of carbonyl (C=O) groups is 1. The van der Waals surface area contributed by atoms with Crippen LogP contribution < -0.4 is 5.32 Å². The van der Waals surface area contributed by atoms with E-state index in [9.17, 15) is 13.2 Å². The van der Waals surface area contributed by atoms with Gasteiger partial charge < -0.3 is 19.4 Å². The Morgan fingerprint density at radius 2 is 1.97 bits per heavy atom. The van der Waals surface area contributed by atoms with Gasteiger partial charge in [0.05, 0.1) is 29.1 Å². The SMILES string of the molecule is COCc1cnc(NC(=O)C(=NO[C@@H]2CC[C@@H](OC)C2)c2ccc(S(=O)(=O)N(C)CCO)cc2)s1. The van der Waals surface area contributed by atoms with E-state index in [2.05, 4.69) is 15.5 Å². The first-order valence-corrected chi connectivity index (χ1v) is 13.2. The molecule has 0 bridgehead atoms. The first-order valence-electron chi connectivity index (χ1n) is 11.0. The number of methoxy groups -OCH3 is 2. The Bertz CT molecular complexity index is 1120. The second kappa shape index (κ2) is 12.5. The molecule has 0 spiro atoms. The molecule has 1 heterocycles. The molecule has 13 heteroatoms. The van der Waals surface area contributed by atoms with E-state index in [4.69, 9.17) is 19.4 Å². The lowest BCUT2D eigenvalue weighted by Crippen LogP contribution is -2.29. The number of amides is 1. The smallest absolute Gasteiger partial charge is 0.280 e. The van der Waals surface area contributed by atoms with Crippen molar-refractivity contribution in [3.8, 4) is 0 Å². The van der Waals surface area contributed by atoms with Gasteiger partial charge in [-0.05, 0) is 25.0 Å². The number of anilines is 1. The van der Waals surface area contributed by atoms with Crippen molar-refractivity contribution in [2.45, 2.75) is 43.0 Å². The van der Waals surface area contributed by atoms with Crippen LogP contribution in [0.3, 0.4) is 0 Å². The molecule has 1 fully saturated rings. The number of nitrogens with one attached hydrogen (secondary N) is 1. The minimum atomic E-state index is -3.78. The molecule has 1 saturated carbocycles. The molecular formula is C22H30N4O7S2. The van der Waals surface area contributed by atoms with Gasteiger partial charge in [0, 0.05) is 46.0 Å². The maximum atomic E-state index is 13.1. The number of hydrogen-bond acceptors (Lipinski definition) is 10. The lowest BCUT2D eigenvalue weighted by atomic mass is 10.1. The quantitative estimate of drug-likeness (QED) is 0.315. The van der Waals surface area contributed by atoms with Crippen LogP contribution in [0.2, 0.25) is 0 Å². The molecule has 0 unspecified atom stereocenters. The minimum Gasteiger partial charge on any atom is -0.395 e. The normalized spacial score (nSPS) is 18.7. The van der Waals surface area contributed by atoms with Crippen molar-refractivity contribution >= 4 is 38.1 Å². The maximum absolute atomic E-state index is 13.1. The minimum absolute atomic E-state index is 0.0120. The van der Waals surface area contributed by atoms with E-state index in [1.807, 2.05) is 0 Å².